The van der Waals surface area contributed by atoms with E-state index in [1.807, 2.05) is 45.0 Å². The molecule has 0 unspecified atom stereocenters. The zero-order valence-electron chi connectivity index (χ0n) is 14.8. The Labute approximate surface area is 154 Å². The molecule has 1 amide bonds. The third-order valence-electron chi connectivity index (χ3n) is 3.87. The zero-order valence-corrected chi connectivity index (χ0v) is 16.4. The van der Waals surface area contributed by atoms with Crippen LogP contribution in [0.3, 0.4) is 0 Å². The van der Waals surface area contributed by atoms with Crippen LogP contribution in [-0.2, 0) is 14.6 Å². The molecule has 0 saturated carbocycles. The predicted octanol–water partition coefficient (Wildman–Crippen LogP) is 3.76. The van der Waals surface area contributed by atoms with Crippen molar-refractivity contribution >= 4 is 27.5 Å². The van der Waals surface area contributed by atoms with Crippen LogP contribution in [-0.4, -0.2) is 25.8 Å². The number of aryl methyl sites for hydroxylation is 1. The van der Waals surface area contributed by atoms with Crippen LogP contribution in [0.15, 0.2) is 58.3 Å². The summed E-state index contributed by atoms with van der Waals surface area (Å²) in [6.45, 7) is 5.79. The Kier molecular flexibility index (Phi) is 6.30. The molecule has 0 aliphatic heterocycles. The summed E-state index contributed by atoms with van der Waals surface area (Å²) < 4.78 is 23.0. The molecule has 2 aromatic carbocycles. The van der Waals surface area contributed by atoms with E-state index in [2.05, 4.69) is 5.32 Å². The molecular weight excluding hydrogens is 354 g/mol. The van der Waals surface area contributed by atoms with Gasteiger partial charge in [0.25, 0.3) is 0 Å². The minimum absolute atomic E-state index is 0.0507. The molecule has 6 heteroatoms. The Bertz CT molecular complexity index is 828. The average molecular weight is 378 g/mol. The topological polar surface area (TPSA) is 63.2 Å². The maximum Gasteiger partial charge on any atom is 0.233 e. The van der Waals surface area contributed by atoms with Gasteiger partial charge < -0.3 is 5.32 Å². The zero-order chi connectivity index (χ0) is 18.6. The minimum Gasteiger partial charge on any atom is -0.349 e. The summed E-state index contributed by atoms with van der Waals surface area (Å²) in [5, 5.41) is 2.75. The normalized spacial score (nSPS) is 13.9. The number of nitrogens with one attached hydrogen (secondary N) is 1. The van der Waals surface area contributed by atoms with Crippen LogP contribution < -0.4 is 5.32 Å². The van der Waals surface area contributed by atoms with E-state index in [1.54, 1.807) is 24.3 Å². The molecule has 2 rings (SSSR count). The van der Waals surface area contributed by atoms with Crippen molar-refractivity contribution in [2.75, 3.05) is 6.26 Å². The minimum atomic E-state index is -3.21. The third-order valence-corrected chi connectivity index (χ3v) is 6.11. The highest BCUT2D eigenvalue weighted by Gasteiger charge is 2.17. The van der Waals surface area contributed by atoms with Crippen molar-refractivity contribution in [2.24, 2.45) is 0 Å². The van der Waals surface area contributed by atoms with Gasteiger partial charge >= 0.3 is 0 Å². The lowest BCUT2D eigenvalue weighted by molar-refractivity contribution is -0.120. The van der Waals surface area contributed by atoms with Crippen LogP contribution >= 0.6 is 11.8 Å². The second-order valence-corrected chi connectivity index (χ2v) is 9.57. The fraction of sp³-hybridized carbons (Fsp3) is 0.316. The maximum absolute atomic E-state index is 12.4. The van der Waals surface area contributed by atoms with E-state index in [-0.39, 0.29) is 22.1 Å². The molecule has 0 aliphatic rings. The Morgan fingerprint density at radius 1 is 1.00 bits per heavy atom. The number of sulfone groups is 1. The molecule has 0 bridgehead atoms. The molecule has 0 spiro atoms. The number of rotatable bonds is 6. The first-order valence-corrected chi connectivity index (χ1v) is 10.8. The maximum atomic E-state index is 12.4. The van der Waals surface area contributed by atoms with Crippen molar-refractivity contribution in [3.05, 3.63) is 59.7 Å². The summed E-state index contributed by atoms with van der Waals surface area (Å²) in [4.78, 5) is 13.7. The summed E-state index contributed by atoms with van der Waals surface area (Å²) in [6.07, 6.45) is 1.18. The number of benzene rings is 2. The predicted molar refractivity (Wildman–Crippen MR) is 103 cm³/mol. The number of thioether (sulfide) groups is 1. The molecule has 0 fully saturated rings. The van der Waals surface area contributed by atoms with Crippen molar-refractivity contribution in [3.63, 3.8) is 0 Å². The molecule has 0 aliphatic carbocycles. The molecule has 4 nitrogen and oxygen atoms in total. The molecule has 0 radical (unpaired) electrons. The Hall–Kier alpha value is -1.79. The van der Waals surface area contributed by atoms with Gasteiger partial charge in [0.15, 0.2) is 9.84 Å². The SMILES string of the molecule is Cc1ccc(S[C@@H](C)C(=O)N[C@H](C)c2ccc(S(C)(=O)=O)cc2)cc1. The quantitative estimate of drug-likeness (QED) is 0.779. The lowest BCUT2D eigenvalue weighted by Gasteiger charge is -2.18. The van der Waals surface area contributed by atoms with Gasteiger partial charge in [0.1, 0.15) is 0 Å². The van der Waals surface area contributed by atoms with E-state index in [9.17, 15) is 13.2 Å². The Morgan fingerprint density at radius 2 is 1.56 bits per heavy atom. The number of hydrogen-bond acceptors (Lipinski definition) is 4. The summed E-state index contributed by atoms with van der Waals surface area (Å²) in [5.41, 5.74) is 2.06. The van der Waals surface area contributed by atoms with Crippen LogP contribution in [0, 0.1) is 6.92 Å². The molecule has 2 atom stereocenters. The van der Waals surface area contributed by atoms with E-state index in [4.69, 9.17) is 0 Å². The van der Waals surface area contributed by atoms with Gasteiger partial charge in [-0.05, 0) is 50.6 Å². The van der Waals surface area contributed by atoms with Crippen LogP contribution in [0.1, 0.15) is 31.0 Å². The van der Waals surface area contributed by atoms with E-state index in [0.29, 0.717) is 0 Å². The van der Waals surface area contributed by atoms with Gasteiger partial charge in [-0.3, -0.25) is 4.79 Å². The lowest BCUT2D eigenvalue weighted by atomic mass is 10.1. The Balaban J connectivity index is 1.97. The first-order valence-electron chi connectivity index (χ1n) is 8.00. The fourth-order valence-corrected chi connectivity index (χ4v) is 3.80. The highest BCUT2D eigenvalue weighted by Crippen LogP contribution is 2.24. The summed E-state index contributed by atoms with van der Waals surface area (Å²) in [6, 6.07) is 14.5. The van der Waals surface area contributed by atoms with Gasteiger partial charge in [-0.25, -0.2) is 8.42 Å². The van der Waals surface area contributed by atoms with Crippen molar-refractivity contribution < 1.29 is 13.2 Å². The molecule has 0 heterocycles. The van der Waals surface area contributed by atoms with Gasteiger partial charge in [-0.2, -0.15) is 0 Å². The van der Waals surface area contributed by atoms with Crippen LogP contribution in [0.25, 0.3) is 0 Å². The van der Waals surface area contributed by atoms with E-state index < -0.39 is 9.84 Å². The number of carbonyl (C=O) groups excluding carboxylic acids is 1. The van der Waals surface area contributed by atoms with Crippen molar-refractivity contribution in [3.8, 4) is 0 Å². The van der Waals surface area contributed by atoms with Gasteiger partial charge in [-0.1, -0.05) is 29.8 Å². The highest BCUT2D eigenvalue weighted by molar-refractivity contribution is 8.00. The molecular formula is C19H23NO3S2. The number of amides is 1. The van der Waals surface area contributed by atoms with Crippen molar-refractivity contribution in [1.29, 1.82) is 0 Å². The molecule has 1 N–H and O–H groups in total. The smallest absolute Gasteiger partial charge is 0.233 e. The summed E-state index contributed by atoms with van der Waals surface area (Å²) in [5.74, 6) is -0.0507. The first kappa shape index (κ1) is 19.5. The lowest BCUT2D eigenvalue weighted by Crippen LogP contribution is -2.33. The molecule has 0 aromatic heterocycles. The van der Waals surface area contributed by atoms with Gasteiger partial charge in [0, 0.05) is 11.2 Å². The first-order chi connectivity index (χ1) is 11.7. The molecule has 134 valence electrons. The molecule has 25 heavy (non-hydrogen) atoms. The van der Waals surface area contributed by atoms with E-state index >= 15 is 0 Å². The molecule has 2 aromatic rings. The van der Waals surface area contributed by atoms with E-state index in [0.717, 1.165) is 10.5 Å². The number of hydrogen-bond donors (Lipinski definition) is 1. The number of carbonyl (C=O) groups is 1. The van der Waals surface area contributed by atoms with Gasteiger partial charge in [-0.15, -0.1) is 11.8 Å². The summed E-state index contributed by atoms with van der Waals surface area (Å²) in [7, 11) is -3.21. The average Bonchev–Trinajstić information content (AvgIpc) is 2.56. The summed E-state index contributed by atoms with van der Waals surface area (Å²) >= 11 is 1.51. The second kappa shape index (κ2) is 8.06. The van der Waals surface area contributed by atoms with Crippen molar-refractivity contribution in [2.45, 2.75) is 41.9 Å². The highest BCUT2D eigenvalue weighted by atomic mass is 32.2. The van der Waals surface area contributed by atoms with Gasteiger partial charge in [0.05, 0.1) is 16.2 Å². The van der Waals surface area contributed by atoms with Crippen molar-refractivity contribution in [1.82, 2.24) is 5.32 Å². The fourth-order valence-electron chi connectivity index (χ4n) is 2.29. The largest absolute Gasteiger partial charge is 0.349 e. The standard InChI is InChI=1S/C19H23NO3S2/c1-13-5-9-17(10-6-13)24-15(3)19(21)20-14(2)16-7-11-18(12-8-16)25(4,22)23/h5-12,14-15H,1-4H3,(H,20,21)/t14-,15+/m1/s1. The molecule has 0 saturated heterocycles. The van der Waals surface area contributed by atoms with E-state index in [1.165, 1.54) is 23.6 Å². The monoisotopic (exact) mass is 377 g/mol. The van der Waals surface area contributed by atoms with Crippen LogP contribution in [0.5, 0.6) is 0 Å². The van der Waals surface area contributed by atoms with Crippen LogP contribution in [0.4, 0.5) is 0 Å². The second-order valence-electron chi connectivity index (χ2n) is 6.14. The third kappa shape index (κ3) is 5.61. The van der Waals surface area contributed by atoms with Gasteiger partial charge in [0.2, 0.25) is 5.91 Å². The van der Waals surface area contributed by atoms with Crippen LogP contribution in [0.2, 0.25) is 0 Å². The Morgan fingerprint density at radius 3 is 2.08 bits per heavy atom.